The molecule has 0 saturated heterocycles. The molecule has 0 amide bonds. The van der Waals surface area contributed by atoms with E-state index in [9.17, 15) is 0 Å². The van der Waals surface area contributed by atoms with Crippen molar-refractivity contribution < 1.29 is 0 Å². The highest BCUT2D eigenvalue weighted by atomic mass is 14.7. The summed E-state index contributed by atoms with van der Waals surface area (Å²) in [6.45, 7) is 8.68. The fourth-order valence-corrected chi connectivity index (χ4v) is 2.19. The highest BCUT2D eigenvalue weighted by molar-refractivity contribution is 5.69. The molecule has 0 atom stereocenters. The van der Waals surface area contributed by atoms with Crippen molar-refractivity contribution in [1.82, 2.24) is 4.98 Å². The second kappa shape index (κ2) is 4.09. The predicted octanol–water partition coefficient (Wildman–Crippen LogP) is 3.98. The topological polar surface area (TPSA) is 12.9 Å². The van der Waals surface area contributed by atoms with Crippen molar-refractivity contribution in [2.24, 2.45) is 0 Å². The minimum atomic E-state index is 1.07. The molecule has 0 spiro atoms. The minimum Gasteiger partial charge on any atom is -0.256 e. The predicted molar refractivity (Wildman–Crippen MR) is 68.6 cm³/mol. The molecular weight excluding hydrogens is 194 g/mol. The van der Waals surface area contributed by atoms with Crippen LogP contribution in [0.3, 0.4) is 0 Å². The van der Waals surface area contributed by atoms with Crippen LogP contribution in [0.5, 0.6) is 0 Å². The van der Waals surface area contributed by atoms with Crippen molar-refractivity contribution in [3.05, 3.63) is 52.7 Å². The lowest BCUT2D eigenvalue weighted by molar-refractivity contribution is 1.21. The number of rotatable bonds is 1. The summed E-state index contributed by atoms with van der Waals surface area (Å²) in [5.41, 5.74) is 7.72. The molecule has 0 saturated carbocycles. The zero-order valence-corrected chi connectivity index (χ0v) is 10.3. The normalized spacial score (nSPS) is 10.5. The molecule has 1 heteroatoms. The van der Waals surface area contributed by atoms with Crippen LogP contribution in [0.4, 0.5) is 0 Å². The van der Waals surface area contributed by atoms with Crippen LogP contribution in [0, 0.1) is 27.7 Å². The molecule has 1 nitrogen and oxygen atoms in total. The molecule has 2 aromatic rings. The van der Waals surface area contributed by atoms with Gasteiger partial charge in [0.1, 0.15) is 0 Å². The van der Waals surface area contributed by atoms with E-state index >= 15 is 0 Å². The molecule has 0 aliphatic rings. The standard InChI is InChI=1S/C15H17N/c1-10-9-11(2)15(13(4)12(10)3)14-7-5-6-8-16-14/h5-9H,1-4H3. The van der Waals surface area contributed by atoms with Crippen molar-refractivity contribution in [2.75, 3.05) is 0 Å². The van der Waals surface area contributed by atoms with Gasteiger partial charge in [0, 0.05) is 11.8 Å². The lowest BCUT2D eigenvalue weighted by atomic mass is 9.92. The van der Waals surface area contributed by atoms with Gasteiger partial charge in [0.05, 0.1) is 5.69 Å². The third kappa shape index (κ3) is 1.73. The van der Waals surface area contributed by atoms with Gasteiger partial charge in [0.25, 0.3) is 0 Å². The molecule has 1 aromatic carbocycles. The molecule has 16 heavy (non-hydrogen) atoms. The maximum absolute atomic E-state index is 4.44. The highest BCUT2D eigenvalue weighted by Gasteiger charge is 2.10. The molecule has 1 heterocycles. The Morgan fingerprint density at radius 2 is 1.62 bits per heavy atom. The largest absolute Gasteiger partial charge is 0.256 e. The summed E-state index contributed by atoms with van der Waals surface area (Å²) in [7, 11) is 0. The summed E-state index contributed by atoms with van der Waals surface area (Å²) in [5, 5.41) is 0. The molecule has 0 fully saturated rings. The van der Waals surface area contributed by atoms with Crippen LogP contribution in [0.2, 0.25) is 0 Å². The highest BCUT2D eigenvalue weighted by Crippen LogP contribution is 2.29. The molecule has 82 valence electrons. The van der Waals surface area contributed by atoms with Gasteiger partial charge in [-0.15, -0.1) is 0 Å². The average molecular weight is 211 g/mol. The van der Waals surface area contributed by atoms with Gasteiger partial charge in [-0.2, -0.15) is 0 Å². The summed E-state index contributed by atoms with van der Waals surface area (Å²) in [6.07, 6.45) is 1.85. The van der Waals surface area contributed by atoms with Crippen molar-refractivity contribution in [2.45, 2.75) is 27.7 Å². The molecule has 2 rings (SSSR count). The first-order chi connectivity index (χ1) is 7.61. The van der Waals surface area contributed by atoms with Gasteiger partial charge < -0.3 is 0 Å². The molecule has 0 radical (unpaired) electrons. The molecule has 0 unspecified atom stereocenters. The van der Waals surface area contributed by atoms with E-state index in [2.05, 4.69) is 44.8 Å². The lowest BCUT2D eigenvalue weighted by Gasteiger charge is -2.14. The molecule has 1 aromatic heterocycles. The second-order valence-corrected chi connectivity index (χ2v) is 4.35. The zero-order chi connectivity index (χ0) is 11.7. The maximum Gasteiger partial charge on any atom is 0.0707 e. The summed E-state index contributed by atoms with van der Waals surface area (Å²) >= 11 is 0. The SMILES string of the molecule is Cc1cc(C)c(-c2ccccn2)c(C)c1C. The first-order valence-electron chi connectivity index (χ1n) is 5.60. The Morgan fingerprint density at radius 1 is 0.875 bits per heavy atom. The van der Waals surface area contributed by atoms with Crippen LogP contribution >= 0.6 is 0 Å². The van der Waals surface area contributed by atoms with Crippen molar-refractivity contribution >= 4 is 0 Å². The van der Waals surface area contributed by atoms with E-state index in [-0.39, 0.29) is 0 Å². The fraction of sp³-hybridized carbons (Fsp3) is 0.267. The summed E-state index contributed by atoms with van der Waals surface area (Å²) in [6, 6.07) is 8.31. The molecular formula is C15H17N. The quantitative estimate of drug-likeness (QED) is 0.695. The van der Waals surface area contributed by atoms with Gasteiger partial charge in [-0.1, -0.05) is 12.1 Å². The Morgan fingerprint density at radius 3 is 2.25 bits per heavy atom. The van der Waals surface area contributed by atoms with Gasteiger partial charge in [-0.25, -0.2) is 0 Å². The first kappa shape index (κ1) is 10.9. The number of benzene rings is 1. The van der Waals surface area contributed by atoms with Gasteiger partial charge in [0.2, 0.25) is 0 Å². The number of aromatic nitrogens is 1. The van der Waals surface area contributed by atoms with Crippen LogP contribution in [-0.4, -0.2) is 4.98 Å². The Hall–Kier alpha value is -1.63. The number of aryl methyl sites for hydroxylation is 2. The van der Waals surface area contributed by atoms with Crippen LogP contribution in [0.1, 0.15) is 22.3 Å². The van der Waals surface area contributed by atoms with Crippen LogP contribution < -0.4 is 0 Å². The van der Waals surface area contributed by atoms with Crippen LogP contribution in [0.15, 0.2) is 30.5 Å². The van der Waals surface area contributed by atoms with Crippen molar-refractivity contribution in [3.63, 3.8) is 0 Å². The number of pyridine rings is 1. The van der Waals surface area contributed by atoms with Gasteiger partial charge in [-0.3, -0.25) is 4.98 Å². The first-order valence-corrected chi connectivity index (χ1v) is 5.60. The average Bonchev–Trinajstić information content (AvgIpc) is 2.28. The smallest absolute Gasteiger partial charge is 0.0707 e. The van der Waals surface area contributed by atoms with E-state index in [1.165, 1.54) is 27.8 Å². The molecule has 0 bridgehead atoms. The van der Waals surface area contributed by atoms with E-state index < -0.39 is 0 Å². The summed E-state index contributed by atoms with van der Waals surface area (Å²) in [4.78, 5) is 4.44. The third-order valence-electron chi connectivity index (χ3n) is 3.28. The molecule has 0 aliphatic carbocycles. The van der Waals surface area contributed by atoms with E-state index in [1.807, 2.05) is 18.3 Å². The second-order valence-electron chi connectivity index (χ2n) is 4.35. The fourth-order valence-electron chi connectivity index (χ4n) is 2.19. The molecule has 0 N–H and O–H groups in total. The Kier molecular flexibility index (Phi) is 2.78. The van der Waals surface area contributed by atoms with Gasteiger partial charge in [-0.05, 0) is 62.1 Å². The van der Waals surface area contributed by atoms with E-state index in [0.29, 0.717) is 0 Å². The van der Waals surface area contributed by atoms with Crippen molar-refractivity contribution in [3.8, 4) is 11.3 Å². The van der Waals surface area contributed by atoms with E-state index in [0.717, 1.165) is 5.69 Å². The zero-order valence-electron chi connectivity index (χ0n) is 10.3. The van der Waals surface area contributed by atoms with Crippen LogP contribution in [0.25, 0.3) is 11.3 Å². The summed E-state index contributed by atoms with van der Waals surface area (Å²) < 4.78 is 0. The van der Waals surface area contributed by atoms with Gasteiger partial charge in [0.15, 0.2) is 0 Å². The Bertz CT molecular complexity index is 513. The van der Waals surface area contributed by atoms with Crippen molar-refractivity contribution in [1.29, 1.82) is 0 Å². The van der Waals surface area contributed by atoms with Gasteiger partial charge >= 0.3 is 0 Å². The van der Waals surface area contributed by atoms with E-state index in [4.69, 9.17) is 0 Å². The molecule has 0 aliphatic heterocycles. The number of nitrogens with zero attached hydrogens (tertiary/aromatic N) is 1. The minimum absolute atomic E-state index is 1.07. The summed E-state index contributed by atoms with van der Waals surface area (Å²) in [5.74, 6) is 0. The maximum atomic E-state index is 4.44. The Balaban J connectivity index is 2.71. The monoisotopic (exact) mass is 211 g/mol. The van der Waals surface area contributed by atoms with E-state index in [1.54, 1.807) is 0 Å². The van der Waals surface area contributed by atoms with Crippen LogP contribution in [-0.2, 0) is 0 Å². The number of hydrogen-bond donors (Lipinski definition) is 0. The lowest BCUT2D eigenvalue weighted by Crippen LogP contribution is -1.96. The Labute approximate surface area is 97.2 Å². The number of hydrogen-bond acceptors (Lipinski definition) is 1. The third-order valence-corrected chi connectivity index (χ3v) is 3.28.